The molecule has 0 aromatic heterocycles. The van der Waals surface area contributed by atoms with Gasteiger partial charge in [0.2, 0.25) is 5.70 Å². The van der Waals surface area contributed by atoms with Gasteiger partial charge in [-0.1, -0.05) is 69.0 Å². The molecule has 4 heteroatoms. The second kappa shape index (κ2) is 10.9. The highest BCUT2D eigenvalue weighted by atomic mass is 16.5. The largest absolute Gasteiger partial charge is 0.594 e. The van der Waals surface area contributed by atoms with E-state index >= 15 is 0 Å². The molecule has 0 fully saturated rings. The summed E-state index contributed by atoms with van der Waals surface area (Å²) in [6, 6.07) is 9.31. The first-order valence-corrected chi connectivity index (χ1v) is 9.96. The van der Waals surface area contributed by atoms with E-state index in [1.165, 1.54) is 19.3 Å². The molecule has 0 radical (unpaired) electrons. The van der Waals surface area contributed by atoms with Gasteiger partial charge in [-0.25, -0.2) is 0 Å². The molecule has 1 unspecified atom stereocenters. The number of nitrogens with zero attached hydrogens (tertiary/aromatic N) is 2. The highest BCUT2D eigenvalue weighted by Gasteiger charge is 2.30. The molecule has 0 spiro atoms. The topological polar surface area (TPSA) is 47.7 Å². The Morgan fingerprint density at radius 2 is 1.85 bits per heavy atom. The Hall–Kier alpha value is -1.94. The molecule has 1 atom stereocenters. The summed E-state index contributed by atoms with van der Waals surface area (Å²) in [5, 5.41) is 16.4. The third kappa shape index (κ3) is 6.41. The number of azo groups is 1. The van der Waals surface area contributed by atoms with Crippen molar-refractivity contribution in [2.24, 2.45) is 5.11 Å². The number of benzene rings is 1. The highest BCUT2D eigenvalue weighted by molar-refractivity contribution is 5.34. The van der Waals surface area contributed by atoms with Crippen LogP contribution in [-0.2, 0) is 4.74 Å². The number of hydrogen-bond donors (Lipinski definition) is 0. The Kier molecular flexibility index (Phi) is 8.56. The van der Waals surface area contributed by atoms with Gasteiger partial charge in [0.25, 0.3) is 0 Å². The molecule has 1 aliphatic carbocycles. The number of hydroxylamine groups is 1. The lowest BCUT2D eigenvalue weighted by Crippen LogP contribution is -2.32. The van der Waals surface area contributed by atoms with E-state index in [-0.39, 0.29) is 5.60 Å². The summed E-state index contributed by atoms with van der Waals surface area (Å²) in [6.07, 6.45) is 14.7. The lowest BCUT2D eigenvalue weighted by atomic mass is 9.88. The third-order valence-corrected chi connectivity index (χ3v) is 4.74. The Morgan fingerprint density at radius 1 is 1.08 bits per heavy atom. The minimum atomic E-state index is -0.265. The van der Waals surface area contributed by atoms with Crippen LogP contribution in [0.4, 0.5) is 5.69 Å². The SMILES string of the molecule is CCCCCCOC1(CCCC)C=CC([N+]([O-])=Nc2ccccc2)=CC1. The first-order chi connectivity index (χ1) is 12.7. The predicted molar refractivity (Wildman–Crippen MR) is 106 cm³/mol. The van der Waals surface area contributed by atoms with E-state index in [2.05, 4.69) is 25.0 Å². The number of unbranched alkanes of at least 4 members (excludes halogenated alkanes) is 4. The van der Waals surface area contributed by atoms with E-state index in [0.29, 0.717) is 16.2 Å². The van der Waals surface area contributed by atoms with Crippen molar-refractivity contribution in [3.63, 3.8) is 0 Å². The molecule has 0 aliphatic heterocycles. The highest BCUT2D eigenvalue weighted by Crippen LogP contribution is 2.31. The van der Waals surface area contributed by atoms with Crippen LogP contribution in [-0.4, -0.2) is 17.1 Å². The van der Waals surface area contributed by atoms with Crippen LogP contribution >= 0.6 is 0 Å². The van der Waals surface area contributed by atoms with E-state index in [1.54, 1.807) is 0 Å². The lowest BCUT2D eigenvalue weighted by Gasteiger charge is -2.32. The minimum Gasteiger partial charge on any atom is -0.594 e. The number of ether oxygens (including phenoxy) is 1. The second-order valence-electron chi connectivity index (χ2n) is 6.95. The quantitative estimate of drug-likeness (QED) is 0.193. The standard InChI is InChI=1S/C22H32N2O2/c1-3-5-7-11-19-26-22(16-6-4-2)17-14-21(15-18-22)24(25)23-20-12-9-8-10-13-20/h8-10,12-15,17H,3-7,11,16,18-19H2,1-2H3. The van der Waals surface area contributed by atoms with Crippen molar-refractivity contribution >= 4 is 5.69 Å². The molecule has 1 aliphatic rings. The van der Waals surface area contributed by atoms with Crippen LogP contribution < -0.4 is 0 Å². The monoisotopic (exact) mass is 356 g/mol. The number of rotatable bonds is 11. The first kappa shape index (κ1) is 20.4. The van der Waals surface area contributed by atoms with E-state index < -0.39 is 0 Å². The Morgan fingerprint density at radius 3 is 2.50 bits per heavy atom. The van der Waals surface area contributed by atoms with Crippen LogP contribution in [0, 0.1) is 5.21 Å². The molecule has 0 N–H and O–H groups in total. The van der Waals surface area contributed by atoms with E-state index in [4.69, 9.17) is 4.74 Å². The summed E-state index contributed by atoms with van der Waals surface area (Å²) in [4.78, 5) is 0.705. The molecule has 1 aromatic carbocycles. The zero-order valence-electron chi connectivity index (χ0n) is 16.2. The zero-order valence-corrected chi connectivity index (χ0v) is 16.2. The van der Waals surface area contributed by atoms with Crippen LogP contribution in [0.5, 0.6) is 0 Å². The molecule has 0 saturated heterocycles. The van der Waals surface area contributed by atoms with Gasteiger partial charge in [0.05, 0.1) is 5.60 Å². The molecule has 142 valence electrons. The lowest BCUT2D eigenvalue weighted by molar-refractivity contribution is -0.468. The summed E-state index contributed by atoms with van der Waals surface area (Å²) in [7, 11) is 0. The van der Waals surface area contributed by atoms with E-state index in [1.807, 2.05) is 42.5 Å². The van der Waals surface area contributed by atoms with Gasteiger partial charge in [-0.05, 0) is 37.1 Å². The molecule has 0 heterocycles. The van der Waals surface area contributed by atoms with Crippen molar-refractivity contribution in [3.05, 3.63) is 59.5 Å². The predicted octanol–water partition coefficient (Wildman–Crippen LogP) is 6.65. The summed E-state index contributed by atoms with van der Waals surface area (Å²) >= 11 is 0. The maximum Gasteiger partial charge on any atom is 0.240 e. The van der Waals surface area contributed by atoms with Gasteiger partial charge in [0.15, 0.2) is 0 Å². The molecule has 0 amide bonds. The average molecular weight is 357 g/mol. The number of hydrogen-bond acceptors (Lipinski definition) is 3. The van der Waals surface area contributed by atoms with Crippen molar-refractivity contribution in [1.29, 1.82) is 0 Å². The maximum absolute atomic E-state index is 12.3. The maximum atomic E-state index is 12.3. The van der Waals surface area contributed by atoms with Gasteiger partial charge >= 0.3 is 0 Å². The van der Waals surface area contributed by atoms with E-state index in [9.17, 15) is 5.21 Å². The summed E-state index contributed by atoms with van der Waals surface area (Å²) in [6.45, 7) is 5.20. The van der Waals surface area contributed by atoms with E-state index in [0.717, 1.165) is 38.7 Å². The Labute approximate surface area is 157 Å². The molecule has 26 heavy (non-hydrogen) atoms. The summed E-state index contributed by atoms with van der Waals surface area (Å²) in [5.74, 6) is 0. The van der Waals surface area contributed by atoms with Crippen molar-refractivity contribution in [1.82, 2.24) is 0 Å². The fourth-order valence-electron chi connectivity index (χ4n) is 3.09. The molecular weight excluding hydrogens is 324 g/mol. The zero-order chi connectivity index (χ0) is 18.7. The van der Waals surface area contributed by atoms with Crippen molar-refractivity contribution in [3.8, 4) is 0 Å². The Balaban J connectivity index is 1.99. The van der Waals surface area contributed by atoms with Gasteiger partial charge in [-0.3, -0.25) is 0 Å². The van der Waals surface area contributed by atoms with Crippen molar-refractivity contribution in [2.75, 3.05) is 6.61 Å². The molecule has 0 saturated carbocycles. The first-order valence-electron chi connectivity index (χ1n) is 9.96. The molecule has 4 nitrogen and oxygen atoms in total. The molecule has 2 rings (SSSR count). The van der Waals surface area contributed by atoms with Crippen molar-refractivity contribution < 1.29 is 9.60 Å². The fraction of sp³-hybridized carbons (Fsp3) is 0.545. The van der Waals surface area contributed by atoms with Crippen LogP contribution in [0.15, 0.2) is 59.4 Å². The van der Waals surface area contributed by atoms with Gasteiger partial charge < -0.3 is 9.94 Å². The summed E-state index contributed by atoms with van der Waals surface area (Å²) in [5.41, 5.74) is 0.974. The Bertz CT molecular complexity index is 622. The van der Waals surface area contributed by atoms with Crippen LogP contribution in [0.1, 0.15) is 65.2 Å². The minimum absolute atomic E-state index is 0.265. The van der Waals surface area contributed by atoms with Gasteiger partial charge in [-0.2, -0.15) is 0 Å². The van der Waals surface area contributed by atoms with Gasteiger partial charge in [0.1, 0.15) is 5.69 Å². The fourth-order valence-corrected chi connectivity index (χ4v) is 3.09. The van der Waals surface area contributed by atoms with Gasteiger partial charge in [0, 0.05) is 24.2 Å². The average Bonchev–Trinajstić information content (AvgIpc) is 2.67. The van der Waals surface area contributed by atoms with Gasteiger partial charge in [-0.15, -0.1) is 0 Å². The smallest absolute Gasteiger partial charge is 0.240 e. The normalized spacial score (nSPS) is 20.2. The van der Waals surface area contributed by atoms with Crippen LogP contribution in [0.25, 0.3) is 0 Å². The number of allylic oxidation sites excluding steroid dienone is 1. The van der Waals surface area contributed by atoms with Crippen LogP contribution in [0.2, 0.25) is 0 Å². The van der Waals surface area contributed by atoms with Crippen molar-refractivity contribution in [2.45, 2.75) is 70.8 Å². The third-order valence-electron chi connectivity index (χ3n) is 4.74. The second-order valence-corrected chi connectivity index (χ2v) is 6.95. The summed E-state index contributed by atoms with van der Waals surface area (Å²) < 4.78 is 6.28. The molecular formula is C22H32N2O2. The molecule has 1 aromatic rings. The van der Waals surface area contributed by atoms with Crippen LogP contribution in [0.3, 0.4) is 0 Å². The molecule has 0 bridgehead atoms.